The molecule has 0 heterocycles. The van der Waals surface area contributed by atoms with E-state index in [1.165, 1.54) is 14.0 Å². The Bertz CT molecular complexity index is 446. The number of aromatic hydroxyl groups is 1. The van der Waals surface area contributed by atoms with Gasteiger partial charge >= 0.3 is 5.97 Å². The SMILES string of the molecule is COc1cc(F)c(F)c(CC(C)C(=O)O)c1O. The van der Waals surface area contributed by atoms with Gasteiger partial charge in [-0.1, -0.05) is 6.92 Å². The second-order valence-electron chi connectivity index (χ2n) is 3.65. The van der Waals surface area contributed by atoms with Crippen LogP contribution < -0.4 is 4.74 Å². The largest absolute Gasteiger partial charge is 0.504 e. The number of rotatable bonds is 4. The molecular formula is C11H12F2O4. The van der Waals surface area contributed by atoms with Gasteiger partial charge in [0.1, 0.15) is 0 Å². The Kier molecular flexibility index (Phi) is 3.88. The molecule has 1 unspecified atom stereocenters. The summed E-state index contributed by atoms with van der Waals surface area (Å²) in [4.78, 5) is 10.6. The first kappa shape index (κ1) is 13.2. The number of halogens is 2. The minimum absolute atomic E-state index is 0.225. The monoisotopic (exact) mass is 246 g/mol. The minimum Gasteiger partial charge on any atom is -0.504 e. The summed E-state index contributed by atoms with van der Waals surface area (Å²) in [5, 5.41) is 18.3. The lowest BCUT2D eigenvalue weighted by molar-refractivity contribution is -0.141. The lowest BCUT2D eigenvalue weighted by Crippen LogP contribution is -2.14. The molecule has 2 N–H and O–H groups in total. The number of carbonyl (C=O) groups is 1. The van der Waals surface area contributed by atoms with Crippen LogP contribution in [0.5, 0.6) is 11.5 Å². The van der Waals surface area contributed by atoms with Crippen molar-refractivity contribution in [1.82, 2.24) is 0 Å². The fourth-order valence-corrected chi connectivity index (χ4v) is 1.38. The van der Waals surface area contributed by atoms with E-state index in [0.29, 0.717) is 6.07 Å². The summed E-state index contributed by atoms with van der Waals surface area (Å²) in [6.45, 7) is 1.33. The molecule has 0 radical (unpaired) electrons. The number of hydrogen-bond donors (Lipinski definition) is 2. The highest BCUT2D eigenvalue weighted by Crippen LogP contribution is 2.34. The van der Waals surface area contributed by atoms with Gasteiger partial charge in [0.2, 0.25) is 0 Å². The van der Waals surface area contributed by atoms with Crippen molar-refractivity contribution < 1.29 is 28.5 Å². The van der Waals surface area contributed by atoms with Gasteiger partial charge in [-0.2, -0.15) is 0 Å². The Hall–Kier alpha value is -1.85. The quantitative estimate of drug-likeness (QED) is 0.852. The van der Waals surface area contributed by atoms with Crippen LogP contribution in [-0.2, 0) is 11.2 Å². The van der Waals surface area contributed by atoms with Gasteiger partial charge in [-0.3, -0.25) is 4.79 Å². The zero-order valence-corrected chi connectivity index (χ0v) is 9.33. The molecular weight excluding hydrogens is 234 g/mol. The van der Waals surface area contributed by atoms with Crippen molar-refractivity contribution in [2.24, 2.45) is 5.92 Å². The van der Waals surface area contributed by atoms with E-state index in [0.717, 1.165) is 0 Å². The lowest BCUT2D eigenvalue weighted by Gasteiger charge is -2.12. The molecule has 0 saturated carbocycles. The maximum absolute atomic E-state index is 13.4. The topological polar surface area (TPSA) is 66.8 Å². The Morgan fingerprint density at radius 3 is 2.59 bits per heavy atom. The highest BCUT2D eigenvalue weighted by molar-refractivity contribution is 5.70. The Morgan fingerprint density at radius 1 is 1.53 bits per heavy atom. The molecule has 0 aliphatic rings. The first-order valence-electron chi connectivity index (χ1n) is 4.85. The molecule has 94 valence electrons. The van der Waals surface area contributed by atoms with Crippen LogP contribution in [0.4, 0.5) is 8.78 Å². The minimum atomic E-state index is -1.25. The van der Waals surface area contributed by atoms with Crippen molar-refractivity contribution in [2.45, 2.75) is 13.3 Å². The first-order valence-corrected chi connectivity index (χ1v) is 4.85. The van der Waals surface area contributed by atoms with E-state index in [1.807, 2.05) is 0 Å². The van der Waals surface area contributed by atoms with Gasteiger partial charge in [0.15, 0.2) is 23.1 Å². The zero-order valence-electron chi connectivity index (χ0n) is 9.33. The number of aliphatic carboxylic acids is 1. The fraction of sp³-hybridized carbons (Fsp3) is 0.364. The molecule has 0 fully saturated rings. The van der Waals surface area contributed by atoms with E-state index in [-0.39, 0.29) is 12.2 Å². The van der Waals surface area contributed by atoms with E-state index >= 15 is 0 Å². The molecule has 17 heavy (non-hydrogen) atoms. The van der Waals surface area contributed by atoms with Crippen molar-refractivity contribution >= 4 is 5.97 Å². The van der Waals surface area contributed by atoms with E-state index in [2.05, 4.69) is 4.74 Å². The third-order valence-corrected chi connectivity index (χ3v) is 2.40. The molecule has 0 saturated heterocycles. The summed E-state index contributed by atoms with van der Waals surface area (Å²) in [5.74, 6) is -5.34. The van der Waals surface area contributed by atoms with Crippen LogP contribution in [0.15, 0.2) is 6.07 Å². The van der Waals surface area contributed by atoms with Gasteiger partial charge in [0.05, 0.1) is 13.0 Å². The number of hydrogen-bond acceptors (Lipinski definition) is 3. The van der Waals surface area contributed by atoms with Crippen molar-refractivity contribution in [1.29, 1.82) is 0 Å². The van der Waals surface area contributed by atoms with Crippen LogP contribution in [0.3, 0.4) is 0 Å². The van der Waals surface area contributed by atoms with Crippen molar-refractivity contribution in [3.8, 4) is 11.5 Å². The third-order valence-electron chi connectivity index (χ3n) is 2.40. The predicted octanol–water partition coefficient (Wildman–Crippen LogP) is 1.94. The van der Waals surface area contributed by atoms with Gasteiger partial charge in [0.25, 0.3) is 0 Å². The van der Waals surface area contributed by atoms with E-state index in [1.54, 1.807) is 0 Å². The highest BCUT2D eigenvalue weighted by atomic mass is 19.2. The standard InChI is InChI=1S/C11H12F2O4/c1-5(11(15)16)3-6-9(13)7(12)4-8(17-2)10(6)14/h4-5,14H,3H2,1-2H3,(H,15,16). The molecule has 0 amide bonds. The van der Waals surface area contributed by atoms with Crippen LogP contribution in [0.25, 0.3) is 0 Å². The number of benzene rings is 1. The van der Waals surface area contributed by atoms with E-state index in [9.17, 15) is 18.7 Å². The Labute approximate surface area is 96.5 Å². The summed E-state index contributed by atoms with van der Waals surface area (Å²) in [6.07, 6.45) is -0.318. The Morgan fingerprint density at radius 2 is 2.12 bits per heavy atom. The molecule has 0 spiro atoms. The van der Waals surface area contributed by atoms with Crippen LogP contribution in [0.1, 0.15) is 12.5 Å². The molecule has 0 aliphatic carbocycles. The number of carboxylic acid groups (broad SMARTS) is 1. The van der Waals surface area contributed by atoms with Gasteiger partial charge < -0.3 is 14.9 Å². The van der Waals surface area contributed by atoms with E-state index in [4.69, 9.17) is 5.11 Å². The van der Waals surface area contributed by atoms with Crippen LogP contribution >= 0.6 is 0 Å². The molecule has 0 aliphatic heterocycles. The maximum atomic E-state index is 13.4. The van der Waals surface area contributed by atoms with Gasteiger partial charge in [0, 0.05) is 11.6 Å². The molecule has 1 atom stereocenters. The average Bonchev–Trinajstić information content (AvgIpc) is 2.28. The molecule has 6 heteroatoms. The fourth-order valence-electron chi connectivity index (χ4n) is 1.38. The normalized spacial score (nSPS) is 12.2. The molecule has 4 nitrogen and oxygen atoms in total. The van der Waals surface area contributed by atoms with Gasteiger partial charge in [-0.25, -0.2) is 8.78 Å². The molecule has 1 aromatic rings. The molecule has 0 bridgehead atoms. The molecule has 1 rings (SSSR count). The summed E-state index contributed by atoms with van der Waals surface area (Å²) >= 11 is 0. The van der Waals surface area contributed by atoms with Gasteiger partial charge in [-0.05, 0) is 6.42 Å². The average molecular weight is 246 g/mol. The molecule has 0 aromatic heterocycles. The predicted molar refractivity (Wildman–Crippen MR) is 55.1 cm³/mol. The van der Waals surface area contributed by atoms with Crippen LogP contribution in [0, 0.1) is 17.6 Å². The second kappa shape index (κ2) is 4.99. The van der Waals surface area contributed by atoms with Crippen molar-refractivity contribution in [3.05, 3.63) is 23.3 Å². The third kappa shape index (κ3) is 2.64. The number of methoxy groups -OCH3 is 1. The van der Waals surface area contributed by atoms with Gasteiger partial charge in [-0.15, -0.1) is 0 Å². The van der Waals surface area contributed by atoms with Crippen LogP contribution in [0.2, 0.25) is 0 Å². The second-order valence-corrected chi connectivity index (χ2v) is 3.65. The highest BCUT2D eigenvalue weighted by Gasteiger charge is 2.22. The van der Waals surface area contributed by atoms with Crippen LogP contribution in [-0.4, -0.2) is 23.3 Å². The molecule has 1 aromatic carbocycles. The Balaban J connectivity index is 3.22. The first-order chi connectivity index (χ1) is 7.88. The number of phenols is 1. The smallest absolute Gasteiger partial charge is 0.306 e. The summed E-state index contributed by atoms with van der Waals surface area (Å²) < 4.78 is 31.2. The summed E-state index contributed by atoms with van der Waals surface area (Å²) in [7, 11) is 1.19. The number of carboxylic acids is 1. The zero-order chi connectivity index (χ0) is 13.2. The number of phenolic OH excluding ortho intramolecular Hbond substituents is 1. The van der Waals surface area contributed by atoms with E-state index < -0.39 is 34.8 Å². The lowest BCUT2D eigenvalue weighted by atomic mass is 9.99. The summed E-state index contributed by atoms with van der Waals surface area (Å²) in [6, 6.07) is 0.708. The summed E-state index contributed by atoms with van der Waals surface area (Å²) in [5.41, 5.74) is -0.392. The number of ether oxygens (including phenoxy) is 1. The van der Waals surface area contributed by atoms with Crippen molar-refractivity contribution in [3.63, 3.8) is 0 Å². The van der Waals surface area contributed by atoms with Crippen molar-refractivity contribution in [2.75, 3.05) is 7.11 Å². The maximum Gasteiger partial charge on any atom is 0.306 e.